The van der Waals surface area contributed by atoms with Gasteiger partial charge in [-0.2, -0.15) is 4.72 Å². The standard InChI is InChI=1S/C18H16N2O5S2/c1-11-19-10-14(25-11)15-7-8-16(26-15)27(23,24)20-18(17(21)22)9-13(18)12-5-3-2-4-6-12/h2-8,10,13,20H,9H2,1H3,(H,21,22). The van der Waals surface area contributed by atoms with Crippen molar-refractivity contribution in [2.24, 2.45) is 0 Å². The number of aryl methyl sites for hydroxylation is 1. The molecule has 0 bridgehead atoms. The molecule has 27 heavy (non-hydrogen) atoms. The van der Waals surface area contributed by atoms with Gasteiger partial charge in [0.1, 0.15) is 9.75 Å². The lowest BCUT2D eigenvalue weighted by molar-refractivity contribution is -0.140. The molecular formula is C18H16N2O5S2. The zero-order valence-electron chi connectivity index (χ0n) is 14.2. The first kappa shape index (κ1) is 17.9. The summed E-state index contributed by atoms with van der Waals surface area (Å²) in [7, 11) is -4.00. The first-order valence-electron chi connectivity index (χ1n) is 8.17. The van der Waals surface area contributed by atoms with Crippen molar-refractivity contribution in [1.29, 1.82) is 0 Å². The second-order valence-corrected chi connectivity index (χ2v) is 9.40. The molecule has 2 aromatic heterocycles. The number of carboxylic acid groups (broad SMARTS) is 1. The fourth-order valence-corrected chi connectivity index (χ4v) is 5.76. The lowest BCUT2D eigenvalue weighted by atomic mass is 10.1. The molecular weight excluding hydrogens is 388 g/mol. The van der Waals surface area contributed by atoms with E-state index in [0.29, 0.717) is 16.5 Å². The Kier molecular flexibility index (Phi) is 4.17. The molecule has 2 unspecified atom stereocenters. The summed E-state index contributed by atoms with van der Waals surface area (Å²) in [5.74, 6) is -0.625. The Hall–Kier alpha value is -2.49. The van der Waals surface area contributed by atoms with Gasteiger partial charge in [-0.25, -0.2) is 13.4 Å². The van der Waals surface area contributed by atoms with Crippen LogP contribution in [0.15, 0.2) is 57.3 Å². The van der Waals surface area contributed by atoms with E-state index in [0.717, 1.165) is 16.9 Å². The number of aromatic nitrogens is 1. The Morgan fingerprint density at radius 2 is 2.04 bits per heavy atom. The van der Waals surface area contributed by atoms with Crippen LogP contribution in [0.5, 0.6) is 0 Å². The van der Waals surface area contributed by atoms with E-state index in [1.54, 1.807) is 37.3 Å². The number of benzene rings is 1. The predicted molar refractivity (Wildman–Crippen MR) is 99.0 cm³/mol. The lowest BCUT2D eigenvalue weighted by Crippen LogP contribution is -2.44. The highest BCUT2D eigenvalue weighted by Gasteiger charge is 2.63. The molecule has 1 fully saturated rings. The molecule has 2 atom stereocenters. The van der Waals surface area contributed by atoms with E-state index in [1.165, 1.54) is 12.3 Å². The van der Waals surface area contributed by atoms with Crippen LogP contribution in [-0.2, 0) is 14.8 Å². The van der Waals surface area contributed by atoms with E-state index >= 15 is 0 Å². The van der Waals surface area contributed by atoms with Crippen molar-refractivity contribution in [2.45, 2.75) is 29.0 Å². The van der Waals surface area contributed by atoms with Gasteiger partial charge in [0, 0.05) is 12.8 Å². The summed E-state index contributed by atoms with van der Waals surface area (Å²) < 4.78 is 33.5. The second-order valence-electron chi connectivity index (χ2n) is 6.41. The molecule has 2 heterocycles. The number of thiophene rings is 1. The first-order valence-corrected chi connectivity index (χ1v) is 10.5. The number of hydrogen-bond acceptors (Lipinski definition) is 6. The Morgan fingerprint density at radius 1 is 1.30 bits per heavy atom. The van der Waals surface area contributed by atoms with Crippen molar-refractivity contribution in [1.82, 2.24) is 9.71 Å². The molecule has 7 nitrogen and oxygen atoms in total. The van der Waals surface area contributed by atoms with Crippen molar-refractivity contribution >= 4 is 27.3 Å². The van der Waals surface area contributed by atoms with Crippen LogP contribution in [0, 0.1) is 6.92 Å². The van der Waals surface area contributed by atoms with Crippen molar-refractivity contribution in [2.75, 3.05) is 0 Å². The number of carbonyl (C=O) groups is 1. The van der Waals surface area contributed by atoms with Gasteiger partial charge in [0.2, 0.25) is 0 Å². The Balaban J connectivity index is 1.61. The highest BCUT2D eigenvalue weighted by atomic mass is 32.2. The maximum Gasteiger partial charge on any atom is 0.325 e. The fraction of sp³-hybridized carbons (Fsp3) is 0.222. The zero-order valence-corrected chi connectivity index (χ0v) is 15.9. The zero-order chi connectivity index (χ0) is 19.2. The molecule has 1 aliphatic carbocycles. The number of sulfonamides is 1. The average molecular weight is 404 g/mol. The summed E-state index contributed by atoms with van der Waals surface area (Å²) >= 11 is 1.01. The van der Waals surface area contributed by atoms with Crippen LogP contribution < -0.4 is 4.72 Å². The summed E-state index contributed by atoms with van der Waals surface area (Å²) in [6, 6.07) is 12.1. The molecule has 0 saturated heterocycles. The van der Waals surface area contributed by atoms with Gasteiger partial charge >= 0.3 is 5.97 Å². The largest absolute Gasteiger partial charge is 0.480 e. The summed E-state index contributed by atoms with van der Waals surface area (Å²) in [5.41, 5.74) is -0.723. The molecule has 1 saturated carbocycles. The highest BCUT2D eigenvalue weighted by molar-refractivity contribution is 7.91. The molecule has 3 aromatic rings. The van der Waals surface area contributed by atoms with Gasteiger partial charge in [-0.05, 0) is 24.1 Å². The summed E-state index contributed by atoms with van der Waals surface area (Å²) in [6.45, 7) is 1.70. The van der Waals surface area contributed by atoms with Gasteiger partial charge in [0.15, 0.2) is 11.7 Å². The van der Waals surface area contributed by atoms with E-state index < -0.39 is 27.4 Å². The van der Waals surface area contributed by atoms with Crippen LogP contribution in [0.2, 0.25) is 0 Å². The molecule has 0 amide bonds. The molecule has 0 spiro atoms. The molecule has 140 valence electrons. The first-order chi connectivity index (χ1) is 12.8. The Bertz CT molecular complexity index is 1100. The van der Waals surface area contributed by atoms with E-state index in [9.17, 15) is 18.3 Å². The molecule has 9 heteroatoms. The van der Waals surface area contributed by atoms with Crippen molar-refractivity contribution in [3.8, 4) is 10.6 Å². The number of nitrogens with one attached hydrogen (secondary N) is 1. The third-order valence-corrected chi connectivity index (χ3v) is 7.67. The number of nitrogens with zero attached hydrogens (tertiary/aromatic N) is 1. The maximum absolute atomic E-state index is 12.8. The maximum atomic E-state index is 12.8. The van der Waals surface area contributed by atoms with E-state index in [-0.39, 0.29) is 10.6 Å². The highest BCUT2D eigenvalue weighted by Crippen LogP contribution is 2.52. The van der Waals surface area contributed by atoms with Gasteiger partial charge in [0.25, 0.3) is 10.0 Å². The van der Waals surface area contributed by atoms with Crippen LogP contribution in [0.4, 0.5) is 0 Å². The van der Waals surface area contributed by atoms with Gasteiger partial charge in [-0.1, -0.05) is 30.3 Å². The van der Waals surface area contributed by atoms with Gasteiger partial charge in [-0.15, -0.1) is 11.3 Å². The number of aliphatic carboxylic acids is 1. The SMILES string of the molecule is Cc1ncc(-c2ccc(S(=O)(=O)NC3(C(=O)O)CC3c3ccccc3)s2)o1. The number of oxazole rings is 1. The van der Waals surface area contributed by atoms with Gasteiger partial charge in [-0.3, -0.25) is 4.79 Å². The molecule has 0 radical (unpaired) electrons. The van der Waals surface area contributed by atoms with Crippen LogP contribution in [0.3, 0.4) is 0 Å². The topological polar surface area (TPSA) is 110 Å². The molecule has 2 N–H and O–H groups in total. The van der Waals surface area contributed by atoms with Crippen molar-refractivity contribution in [3.63, 3.8) is 0 Å². The van der Waals surface area contributed by atoms with Crippen LogP contribution in [-0.4, -0.2) is 30.0 Å². The summed E-state index contributed by atoms with van der Waals surface area (Å²) in [5, 5.41) is 9.68. The summed E-state index contributed by atoms with van der Waals surface area (Å²) in [4.78, 5) is 16.5. The number of rotatable bonds is 6. The molecule has 4 rings (SSSR count). The second kappa shape index (κ2) is 6.29. The van der Waals surface area contributed by atoms with Gasteiger partial charge in [0.05, 0.1) is 11.1 Å². The average Bonchev–Trinajstić information content (AvgIpc) is 2.98. The summed E-state index contributed by atoms with van der Waals surface area (Å²) in [6.07, 6.45) is 1.74. The van der Waals surface area contributed by atoms with Crippen molar-refractivity contribution < 1.29 is 22.7 Å². The Labute approximate surface area is 159 Å². The van der Waals surface area contributed by atoms with Crippen LogP contribution in [0.1, 0.15) is 23.8 Å². The smallest absolute Gasteiger partial charge is 0.325 e. The molecule has 1 aromatic carbocycles. The minimum absolute atomic E-state index is 0.0332. The minimum atomic E-state index is -4.00. The monoisotopic (exact) mass is 404 g/mol. The third-order valence-electron chi connectivity index (χ3n) is 4.57. The van der Waals surface area contributed by atoms with E-state index in [4.69, 9.17) is 4.42 Å². The lowest BCUT2D eigenvalue weighted by Gasteiger charge is -2.14. The molecule has 1 aliphatic rings. The van der Waals surface area contributed by atoms with Gasteiger partial charge < -0.3 is 9.52 Å². The van der Waals surface area contributed by atoms with Crippen LogP contribution >= 0.6 is 11.3 Å². The Morgan fingerprint density at radius 3 is 2.67 bits per heavy atom. The van der Waals surface area contributed by atoms with E-state index in [1.807, 2.05) is 6.07 Å². The van der Waals surface area contributed by atoms with E-state index in [2.05, 4.69) is 9.71 Å². The quantitative estimate of drug-likeness (QED) is 0.654. The minimum Gasteiger partial charge on any atom is -0.480 e. The van der Waals surface area contributed by atoms with Crippen LogP contribution in [0.25, 0.3) is 10.6 Å². The normalized spacial score (nSPS) is 21.9. The predicted octanol–water partition coefficient (Wildman–Crippen LogP) is 3.00. The molecule has 0 aliphatic heterocycles. The number of carboxylic acids is 1. The fourth-order valence-electron chi connectivity index (χ4n) is 3.11. The number of hydrogen-bond donors (Lipinski definition) is 2. The third kappa shape index (κ3) is 3.18. The van der Waals surface area contributed by atoms with Crippen molar-refractivity contribution in [3.05, 3.63) is 60.1 Å².